The number of hydrogen-bond acceptors (Lipinski definition) is 3. The van der Waals surface area contributed by atoms with Gasteiger partial charge in [-0.3, -0.25) is 4.79 Å². The number of nitrogens with two attached hydrogens (primary N) is 1. The summed E-state index contributed by atoms with van der Waals surface area (Å²) >= 11 is 0. The SMILES string of the molecule is C#CCC(N)C(=O)N(C)CCOc1ccc(F)cc1. The number of rotatable bonds is 6. The lowest BCUT2D eigenvalue weighted by atomic mass is 10.2. The van der Waals surface area contributed by atoms with Crippen molar-refractivity contribution in [3.63, 3.8) is 0 Å². The van der Waals surface area contributed by atoms with Gasteiger partial charge in [0.25, 0.3) is 0 Å². The first-order valence-electron chi connectivity index (χ1n) is 5.87. The van der Waals surface area contributed by atoms with Crippen LogP contribution in [0.15, 0.2) is 24.3 Å². The minimum atomic E-state index is -0.680. The molecule has 0 aromatic heterocycles. The summed E-state index contributed by atoms with van der Waals surface area (Å²) in [5, 5.41) is 0. The second kappa shape index (κ2) is 7.39. The Labute approximate surface area is 112 Å². The summed E-state index contributed by atoms with van der Waals surface area (Å²) in [5.74, 6) is 2.36. The van der Waals surface area contributed by atoms with Gasteiger partial charge in [-0.25, -0.2) is 4.39 Å². The van der Waals surface area contributed by atoms with E-state index in [1.807, 2.05) is 0 Å². The summed E-state index contributed by atoms with van der Waals surface area (Å²) in [5.41, 5.74) is 5.61. The minimum Gasteiger partial charge on any atom is -0.492 e. The van der Waals surface area contributed by atoms with Gasteiger partial charge >= 0.3 is 0 Å². The Hall–Kier alpha value is -2.06. The molecule has 0 fully saturated rings. The molecule has 0 aliphatic rings. The molecular formula is C14H17FN2O2. The van der Waals surface area contributed by atoms with Crippen LogP contribution in [0.25, 0.3) is 0 Å². The molecule has 0 saturated heterocycles. The summed E-state index contributed by atoms with van der Waals surface area (Å²) in [6, 6.07) is 5.00. The van der Waals surface area contributed by atoms with E-state index in [1.54, 1.807) is 7.05 Å². The van der Waals surface area contributed by atoms with Crippen LogP contribution >= 0.6 is 0 Å². The third-order valence-electron chi connectivity index (χ3n) is 2.54. The molecule has 0 heterocycles. The lowest BCUT2D eigenvalue weighted by molar-refractivity contribution is -0.131. The van der Waals surface area contributed by atoms with Crippen LogP contribution in [0, 0.1) is 18.2 Å². The third-order valence-corrected chi connectivity index (χ3v) is 2.54. The van der Waals surface area contributed by atoms with Crippen LogP contribution in [0.4, 0.5) is 4.39 Å². The van der Waals surface area contributed by atoms with Gasteiger partial charge in [0.15, 0.2) is 0 Å². The average Bonchev–Trinajstić information content (AvgIpc) is 2.40. The first kappa shape index (κ1) is 15.0. The van der Waals surface area contributed by atoms with E-state index in [0.717, 1.165) is 0 Å². The molecule has 4 nitrogen and oxygen atoms in total. The fourth-order valence-corrected chi connectivity index (χ4v) is 1.44. The molecule has 0 aliphatic carbocycles. The standard InChI is InChI=1S/C14H17FN2O2/c1-3-4-13(16)14(18)17(2)9-10-19-12-7-5-11(15)6-8-12/h1,5-8,13H,4,9-10,16H2,2H3. The Morgan fingerprint density at radius 1 is 1.53 bits per heavy atom. The molecule has 0 spiro atoms. The van der Waals surface area contributed by atoms with Gasteiger partial charge < -0.3 is 15.4 Å². The van der Waals surface area contributed by atoms with Crippen LogP contribution in [-0.4, -0.2) is 37.0 Å². The van der Waals surface area contributed by atoms with Crippen molar-refractivity contribution in [3.05, 3.63) is 30.1 Å². The quantitative estimate of drug-likeness (QED) is 0.780. The molecule has 0 bridgehead atoms. The monoisotopic (exact) mass is 264 g/mol. The molecule has 1 unspecified atom stereocenters. The fraction of sp³-hybridized carbons (Fsp3) is 0.357. The normalized spacial score (nSPS) is 11.5. The molecular weight excluding hydrogens is 247 g/mol. The molecule has 19 heavy (non-hydrogen) atoms. The predicted octanol–water partition coefficient (Wildman–Crippen LogP) is 1.01. The van der Waals surface area contributed by atoms with Crippen molar-refractivity contribution >= 4 is 5.91 Å². The molecule has 1 aromatic carbocycles. The fourth-order valence-electron chi connectivity index (χ4n) is 1.44. The summed E-state index contributed by atoms with van der Waals surface area (Å²) in [4.78, 5) is 13.2. The maximum Gasteiger partial charge on any atom is 0.240 e. The van der Waals surface area contributed by atoms with E-state index in [2.05, 4.69) is 5.92 Å². The van der Waals surface area contributed by atoms with Crippen LogP contribution in [-0.2, 0) is 4.79 Å². The maximum absolute atomic E-state index is 12.7. The Morgan fingerprint density at radius 2 is 2.16 bits per heavy atom. The van der Waals surface area contributed by atoms with Gasteiger partial charge in [-0.05, 0) is 24.3 Å². The van der Waals surface area contributed by atoms with Crippen molar-refractivity contribution < 1.29 is 13.9 Å². The van der Waals surface area contributed by atoms with Crippen LogP contribution in [0.2, 0.25) is 0 Å². The highest BCUT2D eigenvalue weighted by atomic mass is 19.1. The topological polar surface area (TPSA) is 55.6 Å². The van der Waals surface area contributed by atoms with Gasteiger partial charge in [0.05, 0.1) is 12.6 Å². The smallest absolute Gasteiger partial charge is 0.240 e. The Morgan fingerprint density at radius 3 is 2.74 bits per heavy atom. The largest absolute Gasteiger partial charge is 0.492 e. The van der Waals surface area contributed by atoms with E-state index in [-0.39, 0.29) is 18.1 Å². The highest BCUT2D eigenvalue weighted by Crippen LogP contribution is 2.10. The molecule has 2 N–H and O–H groups in total. The Kier molecular flexibility index (Phi) is 5.83. The lowest BCUT2D eigenvalue weighted by Gasteiger charge is -2.20. The molecule has 1 atom stereocenters. The minimum absolute atomic E-state index is 0.210. The van der Waals surface area contributed by atoms with Crippen molar-refractivity contribution in [1.82, 2.24) is 4.90 Å². The zero-order valence-corrected chi connectivity index (χ0v) is 10.8. The van der Waals surface area contributed by atoms with E-state index in [9.17, 15) is 9.18 Å². The zero-order valence-electron chi connectivity index (χ0n) is 10.8. The number of terminal acetylenes is 1. The molecule has 102 valence electrons. The Bertz CT molecular complexity index is 454. The first-order valence-corrected chi connectivity index (χ1v) is 5.87. The number of nitrogens with zero attached hydrogens (tertiary/aromatic N) is 1. The zero-order chi connectivity index (χ0) is 14.3. The number of likely N-dealkylation sites (N-methyl/N-ethyl adjacent to an activating group) is 1. The number of carbonyl (C=O) groups is 1. The highest BCUT2D eigenvalue weighted by molar-refractivity contribution is 5.81. The van der Waals surface area contributed by atoms with Crippen LogP contribution in [0.5, 0.6) is 5.75 Å². The van der Waals surface area contributed by atoms with Crippen LogP contribution in [0.1, 0.15) is 6.42 Å². The molecule has 1 aromatic rings. The summed E-state index contributed by atoms with van der Waals surface area (Å²) in [6.45, 7) is 0.686. The van der Waals surface area contributed by atoms with Gasteiger partial charge in [-0.1, -0.05) is 0 Å². The number of benzene rings is 1. The second-order valence-electron chi connectivity index (χ2n) is 4.08. The molecule has 0 saturated carbocycles. The average molecular weight is 264 g/mol. The summed E-state index contributed by atoms with van der Waals surface area (Å²) < 4.78 is 18.0. The number of ether oxygens (including phenoxy) is 1. The molecule has 1 amide bonds. The molecule has 0 radical (unpaired) electrons. The van der Waals surface area contributed by atoms with Gasteiger partial charge in [-0.2, -0.15) is 0 Å². The van der Waals surface area contributed by atoms with E-state index in [1.165, 1.54) is 29.2 Å². The van der Waals surface area contributed by atoms with Crippen molar-refractivity contribution in [3.8, 4) is 18.1 Å². The van der Waals surface area contributed by atoms with Crippen molar-refractivity contribution in [1.29, 1.82) is 0 Å². The van der Waals surface area contributed by atoms with Crippen molar-refractivity contribution in [2.75, 3.05) is 20.2 Å². The maximum atomic E-state index is 12.7. The van der Waals surface area contributed by atoms with E-state index < -0.39 is 6.04 Å². The lowest BCUT2D eigenvalue weighted by Crippen LogP contribution is -2.43. The molecule has 0 aliphatic heterocycles. The van der Waals surface area contributed by atoms with Crippen LogP contribution < -0.4 is 10.5 Å². The van der Waals surface area contributed by atoms with Crippen molar-refractivity contribution in [2.24, 2.45) is 5.73 Å². The van der Waals surface area contributed by atoms with Gasteiger partial charge in [0.2, 0.25) is 5.91 Å². The first-order chi connectivity index (χ1) is 9.04. The van der Waals surface area contributed by atoms with E-state index in [0.29, 0.717) is 18.9 Å². The van der Waals surface area contributed by atoms with Gasteiger partial charge in [0, 0.05) is 13.5 Å². The number of hydrogen-bond donors (Lipinski definition) is 1. The predicted molar refractivity (Wildman–Crippen MR) is 71.0 cm³/mol. The summed E-state index contributed by atoms with van der Waals surface area (Å²) in [7, 11) is 1.63. The van der Waals surface area contributed by atoms with Gasteiger partial charge in [-0.15, -0.1) is 12.3 Å². The van der Waals surface area contributed by atoms with E-state index in [4.69, 9.17) is 16.9 Å². The molecule has 5 heteroatoms. The van der Waals surface area contributed by atoms with Crippen molar-refractivity contribution in [2.45, 2.75) is 12.5 Å². The van der Waals surface area contributed by atoms with Crippen LogP contribution in [0.3, 0.4) is 0 Å². The third kappa shape index (κ3) is 4.98. The second-order valence-corrected chi connectivity index (χ2v) is 4.08. The molecule has 1 rings (SSSR count). The number of carbonyl (C=O) groups excluding carboxylic acids is 1. The Balaban J connectivity index is 2.34. The number of halogens is 1. The van der Waals surface area contributed by atoms with Gasteiger partial charge in [0.1, 0.15) is 18.2 Å². The summed E-state index contributed by atoms with van der Waals surface area (Å²) in [6.07, 6.45) is 5.31. The highest BCUT2D eigenvalue weighted by Gasteiger charge is 2.16. The number of amides is 1. The van der Waals surface area contributed by atoms with E-state index >= 15 is 0 Å².